The molecule has 22 heavy (non-hydrogen) atoms. The van der Waals surface area contributed by atoms with Gasteiger partial charge >= 0.3 is 0 Å². The Balaban J connectivity index is 1.55. The number of hydrogen-bond acceptors (Lipinski definition) is 6. The molecule has 0 radical (unpaired) electrons. The molecule has 3 heterocycles. The van der Waals surface area contributed by atoms with Crippen LogP contribution in [0.15, 0.2) is 24.3 Å². The van der Waals surface area contributed by atoms with Crippen LogP contribution in [0.25, 0.3) is 15.2 Å². The van der Waals surface area contributed by atoms with E-state index in [2.05, 4.69) is 52.3 Å². The van der Waals surface area contributed by atoms with Crippen LogP contribution in [0.5, 0.6) is 0 Å². The Morgan fingerprint density at radius 2 is 1.86 bits per heavy atom. The Bertz CT molecular complexity index is 901. The fraction of sp³-hybridized carbons (Fsp3) is 0.333. The molecule has 0 aliphatic rings. The van der Waals surface area contributed by atoms with Gasteiger partial charge in [-0.05, 0) is 12.1 Å². The molecule has 0 fully saturated rings. The van der Waals surface area contributed by atoms with Crippen LogP contribution >= 0.6 is 22.7 Å². The summed E-state index contributed by atoms with van der Waals surface area (Å²) in [6.45, 7) is 4.22. The van der Waals surface area contributed by atoms with Gasteiger partial charge in [-0.3, -0.25) is 0 Å². The molecule has 7 heteroatoms. The van der Waals surface area contributed by atoms with Gasteiger partial charge in [-0.1, -0.05) is 37.3 Å². The standard InChI is InChI=1S/C15H15N5S2/c1-9(2)14-17-18-15-20(14)19-13(22-15)8-7-12-16-10-5-3-4-6-11(10)21-12/h3-6,9H,7-8H2,1-2H3. The monoisotopic (exact) mass is 329 g/mol. The molecule has 0 atom stereocenters. The molecule has 5 nitrogen and oxygen atoms in total. The maximum Gasteiger partial charge on any atom is 0.234 e. The van der Waals surface area contributed by atoms with Crippen molar-refractivity contribution >= 4 is 37.9 Å². The molecule has 0 aliphatic heterocycles. The van der Waals surface area contributed by atoms with E-state index in [-0.39, 0.29) is 0 Å². The number of thiazole rings is 1. The van der Waals surface area contributed by atoms with Crippen LogP contribution < -0.4 is 0 Å². The normalized spacial score (nSPS) is 12.0. The molecule has 0 saturated heterocycles. The van der Waals surface area contributed by atoms with E-state index in [1.54, 1.807) is 22.7 Å². The molecular formula is C15H15N5S2. The summed E-state index contributed by atoms with van der Waals surface area (Å²) in [6.07, 6.45) is 1.81. The quantitative estimate of drug-likeness (QED) is 0.573. The van der Waals surface area contributed by atoms with E-state index in [0.29, 0.717) is 5.92 Å². The summed E-state index contributed by atoms with van der Waals surface area (Å²) in [5.41, 5.74) is 1.09. The Hall–Kier alpha value is -1.86. The predicted octanol–water partition coefficient (Wildman–Crippen LogP) is 3.70. The molecule has 0 unspecified atom stereocenters. The van der Waals surface area contributed by atoms with E-state index in [1.165, 1.54) is 4.70 Å². The Labute approximate surface area is 135 Å². The molecular weight excluding hydrogens is 314 g/mol. The van der Waals surface area contributed by atoms with Gasteiger partial charge in [0.1, 0.15) is 5.01 Å². The summed E-state index contributed by atoms with van der Waals surface area (Å²) in [4.78, 5) is 5.55. The number of benzene rings is 1. The van der Waals surface area contributed by atoms with Crippen molar-refractivity contribution in [2.24, 2.45) is 0 Å². The smallest absolute Gasteiger partial charge is 0.234 e. The van der Waals surface area contributed by atoms with Crippen LogP contribution in [-0.2, 0) is 12.8 Å². The fourth-order valence-electron chi connectivity index (χ4n) is 2.37. The highest BCUT2D eigenvalue weighted by Crippen LogP contribution is 2.24. The van der Waals surface area contributed by atoms with E-state index < -0.39 is 0 Å². The fourth-order valence-corrected chi connectivity index (χ4v) is 4.18. The van der Waals surface area contributed by atoms with Gasteiger partial charge in [0.25, 0.3) is 0 Å². The second-order valence-corrected chi connectivity index (χ2v) is 7.63. The van der Waals surface area contributed by atoms with Crippen molar-refractivity contribution in [3.05, 3.63) is 40.1 Å². The van der Waals surface area contributed by atoms with Crippen molar-refractivity contribution in [2.75, 3.05) is 0 Å². The van der Waals surface area contributed by atoms with Gasteiger partial charge in [-0.25, -0.2) is 4.98 Å². The van der Waals surface area contributed by atoms with Gasteiger partial charge in [0.15, 0.2) is 5.82 Å². The Kier molecular flexibility index (Phi) is 3.38. The highest BCUT2D eigenvalue weighted by atomic mass is 32.1. The maximum atomic E-state index is 4.68. The summed E-state index contributed by atoms with van der Waals surface area (Å²) in [6, 6.07) is 8.27. The van der Waals surface area contributed by atoms with Crippen LogP contribution in [0.2, 0.25) is 0 Å². The average molecular weight is 329 g/mol. The van der Waals surface area contributed by atoms with Crippen molar-refractivity contribution in [3.63, 3.8) is 0 Å². The molecule has 112 valence electrons. The summed E-state index contributed by atoms with van der Waals surface area (Å²) in [7, 11) is 0. The topological polar surface area (TPSA) is 56.0 Å². The van der Waals surface area contributed by atoms with Gasteiger partial charge in [0.2, 0.25) is 4.96 Å². The van der Waals surface area contributed by atoms with Crippen molar-refractivity contribution in [1.29, 1.82) is 0 Å². The lowest BCUT2D eigenvalue weighted by Gasteiger charge is -1.97. The summed E-state index contributed by atoms with van der Waals surface area (Å²) >= 11 is 3.38. The lowest BCUT2D eigenvalue weighted by atomic mass is 10.2. The molecule has 0 bridgehead atoms. The highest BCUT2D eigenvalue weighted by Gasteiger charge is 2.14. The molecule has 0 N–H and O–H groups in total. The number of aryl methyl sites for hydroxylation is 2. The molecule has 4 aromatic rings. The second-order valence-electron chi connectivity index (χ2n) is 5.48. The van der Waals surface area contributed by atoms with Crippen molar-refractivity contribution in [3.8, 4) is 0 Å². The van der Waals surface area contributed by atoms with Gasteiger partial charge in [0, 0.05) is 18.8 Å². The number of rotatable bonds is 4. The first kappa shape index (κ1) is 13.8. The van der Waals surface area contributed by atoms with Crippen molar-refractivity contribution in [2.45, 2.75) is 32.6 Å². The molecule has 0 saturated carbocycles. The SMILES string of the molecule is CC(C)c1nnc2sc(CCc3nc4ccccc4s3)nn12. The van der Waals surface area contributed by atoms with Gasteiger partial charge in [-0.2, -0.15) is 9.61 Å². The average Bonchev–Trinajstić information content (AvgIpc) is 3.17. The van der Waals surface area contributed by atoms with Crippen LogP contribution in [-0.4, -0.2) is 24.8 Å². The minimum absolute atomic E-state index is 0.328. The third-order valence-electron chi connectivity index (χ3n) is 3.46. The summed E-state index contributed by atoms with van der Waals surface area (Å²) < 4.78 is 3.13. The predicted molar refractivity (Wildman–Crippen MR) is 89.8 cm³/mol. The van der Waals surface area contributed by atoms with Gasteiger partial charge in [-0.15, -0.1) is 21.5 Å². The van der Waals surface area contributed by atoms with Crippen molar-refractivity contribution < 1.29 is 0 Å². The first-order chi connectivity index (χ1) is 10.7. The van der Waals surface area contributed by atoms with Crippen LogP contribution in [0, 0.1) is 0 Å². The molecule has 0 aliphatic carbocycles. The van der Waals surface area contributed by atoms with E-state index in [1.807, 2.05) is 10.6 Å². The number of fused-ring (bicyclic) bond motifs is 2. The summed E-state index contributed by atoms with van der Waals surface area (Å²) in [5, 5.41) is 15.3. The van der Waals surface area contributed by atoms with E-state index >= 15 is 0 Å². The number of nitrogens with zero attached hydrogens (tertiary/aromatic N) is 5. The third-order valence-corrected chi connectivity index (χ3v) is 5.52. The second kappa shape index (κ2) is 5.40. The van der Waals surface area contributed by atoms with Crippen LogP contribution in [0.4, 0.5) is 0 Å². The van der Waals surface area contributed by atoms with E-state index in [0.717, 1.165) is 39.2 Å². The molecule has 3 aromatic heterocycles. The lowest BCUT2D eigenvalue weighted by Crippen LogP contribution is -1.99. The molecule has 0 spiro atoms. The zero-order valence-corrected chi connectivity index (χ0v) is 14.0. The third kappa shape index (κ3) is 2.40. The first-order valence-corrected chi connectivity index (χ1v) is 8.89. The van der Waals surface area contributed by atoms with Gasteiger partial charge in [0.05, 0.1) is 15.2 Å². The Morgan fingerprint density at radius 1 is 1.05 bits per heavy atom. The highest BCUT2D eigenvalue weighted by molar-refractivity contribution is 7.18. The number of aromatic nitrogens is 5. The largest absolute Gasteiger partial charge is 0.241 e. The molecule has 0 amide bonds. The van der Waals surface area contributed by atoms with E-state index in [9.17, 15) is 0 Å². The molecule has 4 rings (SSSR count). The van der Waals surface area contributed by atoms with E-state index in [4.69, 9.17) is 0 Å². The zero-order valence-electron chi connectivity index (χ0n) is 12.4. The maximum absolute atomic E-state index is 4.68. The lowest BCUT2D eigenvalue weighted by molar-refractivity contribution is 0.715. The van der Waals surface area contributed by atoms with Gasteiger partial charge < -0.3 is 0 Å². The molecule has 1 aromatic carbocycles. The Morgan fingerprint density at radius 3 is 2.68 bits per heavy atom. The van der Waals surface area contributed by atoms with Crippen molar-refractivity contribution in [1.82, 2.24) is 24.8 Å². The van der Waals surface area contributed by atoms with Crippen LogP contribution in [0.1, 0.15) is 35.6 Å². The van der Waals surface area contributed by atoms with Crippen LogP contribution in [0.3, 0.4) is 0 Å². The minimum Gasteiger partial charge on any atom is -0.241 e. The number of hydrogen-bond donors (Lipinski definition) is 0. The minimum atomic E-state index is 0.328. The zero-order chi connectivity index (χ0) is 15.1. The number of para-hydroxylation sites is 1. The summed E-state index contributed by atoms with van der Waals surface area (Å²) in [5.74, 6) is 1.26. The first-order valence-electron chi connectivity index (χ1n) is 7.26.